The number of halogens is 1. The SMILES string of the molecule is C[C@@H]1CNCCc2cc(OCc3ccccc3)ccc21.Cl. The summed E-state index contributed by atoms with van der Waals surface area (Å²) in [5.74, 6) is 1.55. The molecule has 0 saturated carbocycles. The minimum Gasteiger partial charge on any atom is -0.489 e. The second kappa shape index (κ2) is 7.48. The average Bonchev–Trinajstić information content (AvgIpc) is 2.68. The summed E-state index contributed by atoms with van der Waals surface area (Å²) in [7, 11) is 0. The Kier molecular flexibility index (Phi) is 5.66. The average molecular weight is 304 g/mol. The summed E-state index contributed by atoms with van der Waals surface area (Å²) in [6.45, 7) is 5.03. The lowest BCUT2D eigenvalue weighted by atomic mass is 9.95. The molecule has 1 N–H and O–H groups in total. The minimum absolute atomic E-state index is 0. The van der Waals surface area contributed by atoms with Crippen LogP contribution in [0.15, 0.2) is 48.5 Å². The first-order chi connectivity index (χ1) is 9.83. The van der Waals surface area contributed by atoms with Crippen molar-refractivity contribution in [2.45, 2.75) is 25.9 Å². The molecule has 0 fully saturated rings. The molecule has 0 saturated heterocycles. The van der Waals surface area contributed by atoms with Crippen molar-refractivity contribution in [1.29, 1.82) is 0 Å². The maximum atomic E-state index is 5.91. The molecule has 2 aromatic carbocycles. The van der Waals surface area contributed by atoms with E-state index in [1.54, 1.807) is 0 Å². The monoisotopic (exact) mass is 303 g/mol. The molecule has 2 nitrogen and oxygen atoms in total. The van der Waals surface area contributed by atoms with Crippen molar-refractivity contribution >= 4 is 12.4 Å². The molecule has 1 aliphatic rings. The molecule has 1 heterocycles. The fraction of sp³-hybridized carbons (Fsp3) is 0.333. The third-order valence-corrected chi connectivity index (χ3v) is 3.92. The first-order valence-corrected chi connectivity index (χ1v) is 7.33. The lowest BCUT2D eigenvalue weighted by Gasteiger charge is -2.14. The smallest absolute Gasteiger partial charge is 0.120 e. The van der Waals surface area contributed by atoms with E-state index in [2.05, 4.69) is 42.6 Å². The normalized spacial score (nSPS) is 17.3. The van der Waals surface area contributed by atoms with Gasteiger partial charge >= 0.3 is 0 Å². The predicted octanol–water partition coefficient (Wildman–Crippen LogP) is 3.94. The zero-order chi connectivity index (χ0) is 13.8. The molecule has 112 valence electrons. The summed E-state index contributed by atoms with van der Waals surface area (Å²) in [5, 5.41) is 3.48. The van der Waals surface area contributed by atoms with E-state index in [0.717, 1.165) is 25.3 Å². The van der Waals surface area contributed by atoms with Gasteiger partial charge in [0.05, 0.1) is 0 Å². The number of benzene rings is 2. The quantitative estimate of drug-likeness (QED) is 0.927. The fourth-order valence-corrected chi connectivity index (χ4v) is 2.76. The van der Waals surface area contributed by atoms with Crippen LogP contribution in [0.2, 0.25) is 0 Å². The number of fused-ring (bicyclic) bond motifs is 1. The van der Waals surface area contributed by atoms with E-state index in [-0.39, 0.29) is 12.4 Å². The van der Waals surface area contributed by atoms with Crippen molar-refractivity contribution in [3.8, 4) is 5.75 Å². The zero-order valence-electron chi connectivity index (χ0n) is 12.3. The van der Waals surface area contributed by atoms with Crippen LogP contribution < -0.4 is 10.1 Å². The van der Waals surface area contributed by atoms with Crippen molar-refractivity contribution in [2.24, 2.45) is 0 Å². The van der Waals surface area contributed by atoms with Gasteiger partial charge in [-0.05, 0) is 47.7 Å². The van der Waals surface area contributed by atoms with Crippen molar-refractivity contribution in [3.63, 3.8) is 0 Å². The van der Waals surface area contributed by atoms with Gasteiger partial charge in [0.1, 0.15) is 12.4 Å². The Morgan fingerprint density at radius 1 is 1.14 bits per heavy atom. The van der Waals surface area contributed by atoms with Crippen LogP contribution >= 0.6 is 12.4 Å². The van der Waals surface area contributed by atoms with Gasteiger partial charge in [-0.3, -0.25) is 0 Å². The third-order valence-electron chi connectivity index (χ3n) is 3.92. The molecule has 21 heavy (non-hydrogen) atoms. The first-order valence-electron chi connectivity index (χ1n) is 7.33. The topological polar surface area (TPSA) is 21.3 Å². The molecule has 0 unspecified atom stereocenters. The molecule has 0 amide bonds. The summed E-state index contributed by atoms with van der Waals surface area (Å²) >= 11 is 0. The molecule has 1 atom stereocenters. The molecular weight excluding hydrogens is 282 g/mol. The molecule has 0 aliphatic carbocycles. The minimum atomic E-state index is 0. The molecule has 3 heteroatoms. The van der Waals surface area contributed by atoms with Gasteiger partial charge < -0.3 is 10.1 Å². The summed E-state index contributed by atoms with van der Waals surface area (Å²) in [6, 6.07) is 16.8. The molecule has 0 radical (unpaired) electrons. The largest absolute Gasteiger partial charge is 0.489 e. The van der Waals surface area contributed by atoms with E-state index in [1.807, 2.05) is 18.2 Å². The molecule has 0 aromatic heterocycles. The lowest BCUT2D eigenvalue weighted by molar-refractivity contribution is 0.306. The van der Waals surface area contributed by atoms with Crippen molar-refractivity contribution in [2.75, 3.05) is 13.1 Å². The highest BCUT2D eigenvalue weighted by atomic mass is 35.5. The van der Waals surface area contributed by atoms with E-state index in [9.17, 15) is 0 Å². The number of hydrogen-bond donors (Lipinski definition) is 1. The van der Waals surface area contributed by atoms with Gasteiger partial charge in [-0.2, -0.15) is 0 Å². The summed E-state index contributed by atoms with van der Waals surface area (Å²) in [6.07, 6.45) is 1.09. The highest BCUT2D eigenvalue weighted by Crippen LogP contribution is 2.26. The van der Waals surface area contributed by atoms with E-state index in [4.69, 9.17) is 4.74 Å². The Hall–Kier alpha value is -1.51. The van der Waals surface area contributed by atoms with Crippen LogP contribution in [0, 0.1) is 0 Å². The highest BCUT2D eigenvalue weighted by molar-refractivity contribution is 5.85. The maximum Gasteiger partial charge on any atom is 0.120 e. The number of hydrogen-bond acceptors (Lipinski definition) is 2. The van der Waals surface area contributed by atoms with Crippen LogP contribution in [0.5, 0.6) is 5.75 Å². The molecular formula is C18H22ClNO. The highest BCUT2D eigenvalue weighted by Gasteiger charge is 2.14. The van der Waals surface area contributed by atoms with E-state index in [0.29, 0.717) is 12.5 Å². The van der Waals surface area contributed by atoms with Gasteiger partial charge in [0, 0.05) is 6.54 Å². The summed E-state index contributed by atoms with van der Waals surface area (Å²) in [5.41, 5.74) is 4.09. The Morgan fingerprint density at radius 3 is 2.76 bits per heavy atom. The summed E-state index contributed by atoms with van der Waals surface area (Å²) in [4.78, 5) is 0. The molecule has 0 spiro atoms. The van der Waals surface area contributed by atoms with Crippen molar-refractivity contribution in [1.82, 2.24) is 5.32 Å². The third kappa shape index (κ3) is 3.99. The van der Waals surface area contributed by atoms with Crippen LogP contribution in [-0.4, -0.2) is 13.1 Å². The lowest BCUT2D eigenvalue weighted by Crippen LogP contribution is -2.18. The van der Waals surface area contributed by atoms with Gasteiger partial charge in [0.25, 0.3) is 0 Å². The van der Waals surface area contributed by atoms with Crippen molar-refractivity contribution in [3.05, 3.63) is 65.2 Å². The second-order valence-corrected chi connectivity index (χ2v) is 5.49. The van der Waals surface area contributed by atoms with Crippen LogP contribution in [-0.2, 0) is 13.0 Å². The first kappa shape index (κ1) is 15.9. The van der Waals surface area contributed by atoms with Gasteiger partial charge in [0.15, 0.2) is 0 Å². The van der Waals surface area contributed by atoms with Gasteiger partial charge in [-0.25, -0.2) is 0 Å². The van der Waals surface area contributed by atoms with Crippen LogP contribution in [0.4, 0.5) is 0 Å². The van der Waals surface area contributed by atoms with Crippen LogP contribution in [0.25, 0.3) is 0 Å². The second-order valence-electron chi connectivity index (χ2n) is 5.49. The standard InChI is InChI=1S/C18H21NO.ClH/c1-14-12-19-10-9-16-11-17(7-8-18(14)16)20-13-15-5-3-2-4-6-15;/h2-8,11,14,19H,9-10,12-13H2,1H3;1H/t14-;/m1./s1. The van der Waals surface area contributed by atoms with E-state index < -0.39 is 0 Å². The van der Waals surface area contributed by atoms with Crippen LogP contribution in [0.1, 0.15) is 29.5 Å². The van der Waals surface area contributed by atoms with Crippen LogP contribution in [0.3, 0.4) is 0 Å². The Labute approximate surface area is 132 Å². The van der Waals surface area contributed by atoms with Gasteiger partial charge in [-0.1, -0.05) is 43.3 Å². The van der Waals surface area contributed by atoms with E-state index >= 15 is 0 Å². The molecule has 1 aliphatic heterocycles. The predicted molar refractivity (Wildman–Crippen MR) is 89.5 cm³/mol. The van der Waals surface area contributed by atoms with Gasteiger partial charge in [-0.15, -0.1) is 12.4 Å². The van der Waals surface area contributed by atoms with E-state index in [1.165, 1.54) is 16.7 Å². The number of rotatable bonds is 3. The zero-order valence-corrected chi connectivity index (χ0v) is 13.2. The van der Waals surface area contributed by atoms with Gasteiger partial charge in [0.2, 0.25) is 0 Å². The van der Waals surface area contributed by atoms with Crippen molar-refractivity contribution < 1.29 is 4.74 Å². The molecule has 2 aromatic rings. The number of nitrogens with one attached hydrogen (secondary N) is 1. The summed E-state index contributed by atoms with van der Waals surface area (Å²) < 4.78 is 5.91. The number of ether oxygens (including phenoxy) is 1. The molecule has 3 rings (SSSR count). The Morgan fingerprint density at radius 2 is 1.95 bits per heavy atom. The maximum absolute atomic E-state index is 5.91. The Bertz CT molecular complexity index is 571. The molecule has 0 bridgehead atoms. The Balaban J connectivity index is 0.00000161. The fourth-order valence-electron chi connectivity index (χ4n) is 2.76.